The predicted octanol–water partition coefficient (Wildman–Crippen LogP) is 3.02. The van der Waals surface area contributed by atoms with E-state index >= 15 is 0 Å². The lowest BCUT2D eigenvalue weighted by atomic mass is 10.1. The van der Waals surface area contributed by atoms with Crippen LogP contribution in [0.5, 0.6) is 5.75 Å². The van der Waals surface area contributed by atoms with Gasteiger partial charge in [-0.25, -0.2) is 8.42 Å². The van der Waals surface area contributed by atoms with Crippen molar-refractivity contribution in [2.45, 2.75) is 57.1 Å². The van der Waals surface area contributed by atoms with E-state index in [9.17, 15) is 18.3 Å². The number of aromatic hydroxyl groups is 1. The first kappa shape index (κ1) is 24.5. The Morgan fingerprint density at radius 3 is 1.88 bits per heavy atom. The molecule has 0 aromatic heterocycles. The molecule has 3 N–H and O–H groups in total. The maximum atomic E-state index is 13.1. The fourth-order valence-electron chi connectivity index (χ4n) is 4.65. The van der Waals surface area contributed by atoms with Crippen molar-refractivity contribution in [2.75, 3.05) is 30.9 Å². The zero-order valence-corrected chi connectivity index (χ0v) is 20.5. The van der Waals surface area contributed by atoms with Crippen LogP contribution in [0.2, 0.25) is 0 Å². The Labute approximate surface area is 202 Å². The Morgan fingerprint density at radius 2 is 1.41 bits per heavy atom. The average Bonchev–Trinajstić information content (AvgIpc) is 3.50. The molecule has 2 aromatic carbocycles. The summed E-state index contributed by atoms with van der Waals surface area (Å²) in [6.45, 7) is 6.95. The molecule has 0 saturated carbocycles. The summed E-state index contributed by atoms with van der Waals surface area (Å²) in [4.78, 5) is 15.8. The number of hydrogen-bond donors (Lipinski definition) is 3. The molecule has 0 unspecified atom stereocenters. The zero-order valence-electron chi connectivity index (χ0n) is 19.7. The summed E-state index contributed by atoms with van der Waals surface area (Å²) in [5.74, 6) is 0.129. The second-order valence-electron chi connectivity index (χ2n) is 9.27. The lowest BCUT2D eigenvalue weighted by Crippen LogP contribution is -2.21. The smallest absolute Gasteiger partial charge is 0.261 e. The molecule has 9 heteroatoms. The minimum absolute atomic E-state index is 0.139. The van der Waals surface area contributed by atoms with Gasteiger partial charge in [-0.2, -0.15) is 0 Å². The average molecular weight is 487 g/mol. The minimum Gasteiger partial charge on any atom is -0.507 e. The predicted molar refractivity (Wildman–Crippen MR) is 132 cm³/mol. The van der Waals surface area contributed by atoms with E-state index in [1.807, 2.05) is 0 Å². The molecular weight excluding hydrogens is 452 g/mol. The molecule has 0 atom stereocenters. The fraction of sp³-hybridized carbons (Fsp3) is 0.480. The Hall–Kier alpha value is -2.62. The molecule has 34 heavy (non-hydrogen) atoms. The van der Waals surface area contributed by atoms with Crippen LogP contribution in [0.4, 0.5) is 5.69 Å². The van der Waals surface area contributed by atoms with E-state index in [1.165, 1.54) is 19.1 Å². The standard InChI is InChI=1S/C25H34N4O4S/c1-19(30)26-16-20-6-8-24(9-7-20)34(32,33)27-23-14-21(17-28-10-2-3-11-28)25(31)22(15-23)18-29-12-4-5-13-29/h6-9,14-15,27,31H,2-5,10-13,16-18H2,1H3,(H,26,30). The molecule has 2 heterocycles. The molecule has 8 nitrogen and oxygen atoms in total. The molecule has 1 amide bonds. The van der Waals surface area contributed by atoms with Gasteiger partial charge in [0, 0.05) is 43.4 Å². The summed E-state index contributed by atoms with van der Waals surface area (Å²) in [5, 5.41) is 13.7. The number of phenols is 1. The van der Waals surface area contributed by atoms with Crippen LogP contribution < -0.4 is 10.0 Å². The van der Waals surface area contributed by atoms with Crippen molar-refractivity contribution in [2.24, 2.45) is 0 Å². The Kier molecular flexibility index (Phi) is 7.75. The van der Waals surface area contributed by atoms with E-state index in [2.05, 4.69) is 19.8 Å². The van der Waals surface area contributed by atoms with Crippen LogP contribution in [-0.2, 0) is 34.5 Å². The van der Waals surface area contributed by atoms with Gasteiger partial charge in [0.05, 0.1) is 4.90 Å². The number of carbonyl (C=O) groups is 1. The van der Waals surface area contributed by atoms with Crippen molar-refractivity contribution in [1.82, 2.24) is 15.1 Å². The lowest BCUT2D eigenvalue weighted by Gasteiger charge is -2.21. The van der Waals surface area contributed by atoms with E-state index < -0.39 is 10.0 Å². The monoisotopic (exact) mass is 486 g/mol. The van der Waals surface area contributed by atoms with Crippen LogP contribution in [0.15, 0.2) is 41.3 Å². The van der Waals surface area contributed by atoms with E-state index in [-0.39, 0.29) is 16.6 Å². The van der Waals surface area contributed by atoms with Crippen molar-refractivity contribution >= 4 is 21.6 Å². The van der Waals surface area contributed by atoms with Crippen LogP contribution in [0.25, 0.3) is 0 Å². The number of rotatable bonds is 9. The number of hydrogen-bond acceptors (Lipinski definition) is 6. The third-order valence-corrected chi connectivity index (χ3v) is 7.88. The number of nitrogens with zero attached hydrogens (tertiary/aromatic N) is 2. The number of nitrogens with one attached hydrogen (secondary N) is 2. The maximum absolute atomic E-state index is 13.1. The molecule has 2 aliphatic rings. The van der Waals surface area contributed by atoms with Crippen molar-refractivity contribution in [3.05, 3.63) is 53.1 Å². The first-order valence-electron chi connectivity index (χ1n) is 12.0. The van der Waals surface area contributed by atoms with Gasteiger partial charge < -0.3 is 10.4 Å². The van der Waals surface area contributed by atoms with Crippen LogP contribution in [0, 0.1) is 0 Å². The van der Waals surface area contributed by atoms with Crippen molar-refractivity contribution in [3.8, 4) is 5.75 Å². The van der Waals surface area contributed by atoms with Gasteiger partial charge in [-0.15, -0.1) is 0 Å². The van der Waals surface area contributed by atoms with Gasteiger partial charge in [0.25, 0.3) is 10.0 Å². The number of likely N-dealkylation sites (tertiary alicyclic amines) is 2. The second-order valence-corrected chi connectivity index (χ2v) is 11.0. The Bertz CT molecular complexity index is 1070. The first-order valence-corrected chi connectivity index (χ1v) is 13.4. The number of phenolic OH excluding ortho intramolecular Hbond substituents is 1. The van der Waals surface area contributed by atoms with E-state index in [4.69, 9.17) is 0 Å². The molecule has 0 aliphatic carbocycles. The topological polar surface area (TPSA) is 102 Å². The molecule has 0 bridgehead atoms. The van der Waals surface area contributed by atoms with Crippen LogP contribution in [0.3, 0.4) is 0 Å². The summed E-state index contributed by atoms with van der Waals surface area (Å²) in [5.41, 5.74) is 2.78. The third kappa shape index (κ3) is 6.28. The van der Waals surface area contributed by atoms with E-state index in [0.29, 0.717) is 25.3 Å². The summed E-state index contributed by atoms with van der Waals surface area (Å²) in [7, 11) is -3.81. The number of benzene rings is 2. The highest BCUT2D eigenvalue weighted by molar-refractivity contribution is 7.92. The fourth-order valence-corrected chi connectivity index (χ4v) is 5.69. The molecule has 2 saturated heterocycles. The SMILES string of the molecule is CC(=O)NCc1ccc(S(=O)(=O)Nc2cc(CN3CCCC3)c(O)c(CN3CCCC3)c2)cc1. The minimum atomic E-state index is -3.81. The van der Waals surface area contributed by atoms with Gasteiger partial charge >= 0.3 is 0 Å². The van der Waals surface area contributed by atoms with Gasteiger partial charge in [0.15, 0.2) is 0 Å². The highest BCUT2D eigenvalue weighted by Gasteiger charge is 2.21. The molecule has 2 aliphatic heterocycles. The van der Waals surface area contributed by atoms with Gasteiger partial charge in [-0.3, -0.25) is 19.3 Å². The molecular formula is C25H34N4O4S. The molecule has 4 rings (SSSR count). The summed E-state index contributed by atoms with van der Waals surface area (Å²) < 4.78 is 28.9. The van der Waals surface area contributed by atoms with Crippen molar-refractivity contribution < 1.29 is 18.3 Å². The third-order valence-electron chi connectivity index (χ3n) is 6.48. The molecule has 0 spiro atoms. The Morgan fingerprint density at radius 1 is 0.912 bits per heavy atom. The number of sulfonamides is 1. The number of anilines is 1. The molecule has 2 aromatic rings. The number of amides is 1. The molecule has 0 radical (unpaired) electrons. The van der Waals surface area contributed by atoms with Gasteiger partial charge in [0.1, 0.15) is 5.75 Å². The largest absolute Gasteiger partial charge is 0.507 e. The van der Waals surface area contributed by atoms with Crippen molar-refractivity contribution in [1.29, 1.82) is 0 Å². The van der Waals surface area contributed by atoms with Gasteiger partial charge in [0.2, 0.25) is 5.91 Å². The highest BCUT2D eigenvalue weighted by Crippen LogP contribution is 2.32. The Balaban J connectivity index is 1.56. The van der Waals surface area contributed by atoms with Crippen LogP contribution >= 0.6 is 0 Å². The maximum Gasteiger partial charge on any atom is 0.261 e. The summed E-state index contributed by atoms with van der Waals surface area (Å²) in [6, 6.07) is 9.97. The lowest BCUT2D eigenvalue weighted by molar-refractivity contribution is -0.119. The van der Waals surface area contributed by atoms with E-state index in [1.54, 1.807) is 24.3 Å². The summed E-state index contributed by atoms with van der Waals surface area (Å²) >= 11 is 0. The molecule has 2 fully saturated rings. The zero-order chi connectivity index (χ0) is 24.1. The molecule has 184 valence electrons. The van der Waals surface area contributed by atoms with Gasteiger partial charge in [-0.05, 0) is 81.7 Å². The van der Waals surface area contributed by atoms with E-state index in [0.717, 1.165) is 68.6 Å². The normalized spacial score (nSPS) is 17.2. The highest BCUT2D eigenvalue weighted by atomic mass is 32.2. The number of carbonyl (C=O) groups excluding carboxylic acids is 1. The first-order chi connectivity index (χ1) is 16.3. The van der Waals surface area contributed by atoms with Crippen LogP contribution in [-0.4, -0.2) is 55.4 Å². The van der Waals surface area contributed by atoms with Crippen molar-refractivity contribution in [3.63, 3.8) is 0 Å². The van der Waals surface area contributed by atoms with Crippen LogP contribution in [0.1, 0.15) is 49.3 Å². The quantitative estimate of drug-likeness (QED) is 0.471. The summed E-state index contributed by atoms with van der Waals surface area (Å²) in [6.07, 6.45) is 4.58. The second kappa shape index (κ2) is 10.8. The van der Waals surface area contributed by atoms with Gasteiger partial charge in [-0.1, -0.05) is 12.1 Å².